The summed E-state index contributed by atoms with van der Waals surface area (Å²) in [6.45, 7) is 1.84. The van der Waals surface area contributed by atoms with Crippen molar-refractivity contribution in [3.63, 3.8) is 0 Å². The zero-order valence-electron chi connectivity index (χ0n) is 10.1. The Labute approximate surface area is 107 Å². The van der Waals surface area contributed by atoms with Gasteiger partial charge in [-0.2, -0.15) is 0 Å². The van der Waals surface area contributed by atoms with Gasteiger partial charge in [-0.15, -0.1) is 0 Å². The Morgan fingerprint density at radius 3 is 2.33 bits per heavy atom. The van der Waals surface area contributed by atoms with Gasteiger partial charge in [0.05, 0.1) is 10.6 Å². The maximum absolute atomic E-state index is 12.2. The standard InChI is InChI=1S/C14H15NO2S/c1-11-12(6-5-9-14(11)15)10-18(16,17)13-7-3-2-4-8-13/h2-9H,10,15H2,1H3. The van der Waals surface area contributed by atoms with Crippen LogP contribution in [0.4, 0.5) is 5.69 Å². The SMILES string of the molecule is Cc1c(N)cccc1CS(=O)(=O)c1ccccc1. The maximum Gasteiger partial charge on any atom is 0.182 e. The van der Waals surface area contributed by atoms with Crippen LogP contribution in [-0.4, -0.2) is 8.42 Å². The van der Waals surface area contributed by atoms with Gasteiger partial charge in [-0.25, -0.2) is 8.42 Å². The molecular formula is C14H15NO2S. The highest BCUT2D eigenvalue weighted by Gasteiger charge is 2.16. The predicted molar refractivity (Wildman–Crippen MR) is 72.9 cm³/mol. The van der Waals surface area contributed by atoms with Gasteiger partial charge in [-0.1, -0.05) is 30.3 Å². The van der Waals surface area contributed by atoms with E-state index >= 15 is 0 Å². The van der Waals surface area contributed by atoms with Crippen molar-refractivity contribution in [2.24, 2.45) is 0 Å². The monoisotopic (exact) mass is 261 g/mol. The molecule has 0 aromatic heterocycles. The molecule has 0 bridgehead atoms. The van der Waals surface area contributed by atoms with Crippen molar-refractivity contribution in [1.29, 1.82) is 0 Å². The third-order valence-electron chi connectivity index (χ3n) is 2.94. The van der Waals surface area contributed by atoms with E-state index in [-0.39, 0.29) is 5.75 Å². The molecule has 0 spiro atoms. The van der Waals surface area contributed by atoms with Gasteiger partial charge in [0.25, 0.3) is 0 Å². The molecule has 0 heterocycles. The molecule has 2 rings (SSSR count). The number of sulfone groups is 1. The zero-order valence-corrected chi connectivity index (χ0v) is 10.9. The van der Waals surface area contributed by atoms with E-state index in [0.717, 1.165) is 11.1 Å². The second kappa shape index (κ2) is 4.82. The number of benzene rings is 2. The summed E-state index contributed by atoms with van der Waals surface area (Å²) in [5.41, 5.74) is 7.98. The number of nitrogen functional groups attached to an aromatic ring is 1. The first-order chi connectivity index (χ1) is 8.50. The van der Waals surface area contributed by atoms with Gasteiger partial charge >= 0.3 is 0 Å². The molecule has 0 amide bonds. The minimum atomic E-state index is -3.31. The summed E-state index contributed by atoms with van der Waals surface area (Å²) < 4.78 is 24.4. The van der Waals surface area contributed by atoms with E-state index in [1.807, 2.05) is 6.92 Å². The smallest absolute Gasteiger partial charge is 0.182 e. The highest BCUT2D eigenvalue weighted by Crippen LogP contribution is 2.21. The molecule has 0 radical (unpaired) electrons. The molecule has 0 atom stereocenters. The van der Waals surface area contributed by atoms with E-state index in [2.05, 4.69) is 0 Å². The van der Waals surface area contributed by atoms with Crippen LogP contribution in [0.15, 0.2) is 53.4 Å². The van der Waals surface area contributed by atoms with Crippen LogP contribution in [0.2, 0.25) is 0 Å². The summed E-state index contributed by atoms with van der Waals surface area (Å²) in [7, 11) is -3.31. The molecule has 0 aliphatic heterocycles. The van der Waals surface area contributed by atoms with Crippen LogP contribution >= 0.6 is 0 Å². The van der Waals surface area contributed by atoms with E-state index < -0.39 is 9.84 Å². The molecule has 0 aliphatic carbocycles. The summed E-state index contributed by atoms with van der Waals surface area (Å²) in [6, 6.07) is 13.8. The zero-order chi connectivity index (χ0) is 13.2. The topological polar surface area (TPSA) is 60.2 Å². The van der Waals surface area contributed by atoms with Crippen LogP contribution < -0.4 is 5.73 Å². The van der Waals surface area contributed by atoms with Crippen molar-refractivity contribution in [3.8, 4) is 0 Å². The van der Waals surface area contributed by atoms with Crippen LogP contribution in [0, 0.1) is 6.92 Å². The molecule has 0 aliphatic rings. The number of rotatable bonds is 3. The van der Waals surface area contributed by atoms with E-state index in [4.69, 9.17) is 5.73 Å². The summed E-state index contributed by atoms with van der Waals surface area (Å²) in [5.74, 6) is -0.0200. The van der Waals surface area contributed by atoms with Crippen molar-refractivity contribution in [1.82, 2.24) is 0 Å². The molecular weight excluding hydrogens is 246 g/mol. The first-order valence-corrected chi connectivity index (χ1v) is 7.28. The lowest BCUT2D eigenvalue weighted by Crippen LogP contribution is -2.07. The Bertz CT molecular complexity index is 649. The van der Waals surface area contributed by atoms with Gasteiger partial charge in [0, 0.05) is 5.69 Å². The van der Waals surface area contributed by atoms with Gasteiger partial charge in [0.1, 0.15) is 0 Å². The number of nitrogens with two attached hydrogens (primary N) is 1. The highest BCUT2D eigenvalue weighted by atomic mass is 32.2. The molecule has 18 heavy (non-hydrogen) atoms. The molecule has 0 saturated heterocycles. The van der Waals surface area contributed by atoms with Crippen LogP contribution in [0.1, 0.15) is 11.1 Å². The summed E-state index contributed by atoms with van der Waals surface area (Å²) in [4.78, 5) is 0.340. The average Bonchev–Trinajstić information content (AvgIpc) is 2.36. The Morgan fingerprint density at radius 2 is 1.67 bits per heavy atom. The first-order valence-electron chi connectivity index (χ1n) is 5.62. The van der Waals surface area contributed by atoms with E-state index in [1.165, 1.54) is 0 Å². The molecule has 3 nitrogen and oxygen atoms in total. The first kappa shape index (κ1) is 12.6. The average molecular weight is 261 g/mol. The van der Waals surface area contributed by atoms with Crippen molar-refractivity contribution >= 4 is 15.5 Å². The van der Waals surface area contributed by atoms with Gasteiger partial charge < -0.3 is 5.73 Å². The van der Waals surface area contributed by atoms with Crippen molar-refractivity contribution in [2.75, 3.05) is 5.73 Å². The Hall–Kier alpha value is -1.81. The quantitative estimate of drug-likeness (QED) is 0.864. The number of hydrogen-bond donors (Lipinski definition) is 1. The molecule has 0 unspecified atom stereocenters. The van der Waals surface area contributed by atoms with Gasteiger partial charge in [-0.05, 0) is 36.2 Å². The normalized spacial score (nSPS) is 11.4. The van der Waals surface area contributed by atoms with E-state index in [0.29, 0.717) is 10.6 Å². The molecule has 4 heteroatoms. The van der Waals surface area contributed by atoms with E-state index in [1.54, 1.807) is 48.5 Å². The van der Waals surface area contributed by atoms with Gasteiger partial charge in [-0.3, -0.25) is 0 Å². The summed E-state index contributed by atoms with van der Waals surface area (Å²) >= 11 is 0. The third-order valence-corrected chi connectivity index (χ3v) is 4.62. The second-order valence-electron chi connectivity index (χ2n) is 4.20. The lowest BCUT2D eigenvalue weighted by atomic mass is 10.1. The van der Waals surface area contributed by atoms with Gasteiger partial charge in [0.2, 0.25) is 0 Å². The Morgan fingerprint density at radius 1 is 1.00 bits per heavy atom. The van der Waals surface area contributed by atoms with Crippen LogP contribution in [-0.2, 0) is 15.6 Å². The van der Waals surface area contributed by atoms with Crippen LogP contribution in [0.25, 0.3) is 0 Å². The number of anilines is 1. The van der Waals surface area contributed by atoms with E-state index in [9.17, 15) is 8.42 Å². The maximum atomic E-state index is 12.2. The summed E-state index contributed by atoms with van der Waals surface area (Å²) in [5, 5.41) is 0. The predicted octanol–water partition coefficient (Wildman–Crippen LogP) is 2.55. The van der Waals surface area contributed by atoms with Crippen molar-refractivity contribution in [2.45, 2.75) is 17.6 Å². The Balaban J connectivity index is 2.37. The second-order valence-corrected chi connectivity index (χ2v) is 6.19. The lowest BCUT2D eigenvalue weighted by Gasteiger charge is -2.09. The fraction of sp³-hybridized carbons (Fsp3) is 0.143. The van der Waals surface area contributed by atoms with Crippen molar-refractivity contribution in [3.05, 3.63) is 59.7 Å². The van der Waals surface area contributed by atoms with Crippen LogP contribution in [0.3, 0.4) is 0 Å². The van der Waals surface area contributed by atoms with Crippen LogP contribution in [0.5, 0.6) is 0 Å². The van der Waals surface area contributed by atoms with Gasteiger partial charge in [0.15, 0.2) is 9.84 Å². The number of hydrogen-bond acceptors (Lipinski definition) is 3. The third kappa shape index (κ3) is 2.54. The molecule has 2 N–H and O–H groups in total. The fourth-order valence-electron chi connectivity index (χ4n) is 1.78. The largest absolute Gasteiger partial charge is 0.399 e. The molecule has 94 valence electrons. The molecule has 0 saturated carbocycles. The summed E-state index contributed by atoms with van der Waals surface area (Å²) in [6.07, 6.45) is 0. The minimum Gasteiger partial charge on any atom is -0.399 e. The minimum absolute atomic E-state index is 0.0200. The molecule has 2 aromatic carbocycles. The lowest BCUT2D eigenvalue weighted by molar-refractivity contribution is 0.595. The van der Waals surface area contributed by atoms with Crippen molar-refractivity contribution < 1.29 is 8.42 Å². The highest BCUT2D eigenvalue weighted by molar-refractivity contribution is 7.90. The molecule has 0 fully saturated rings. The Kier molecular flexibility index (Phi) is 3.39. The molecule has 2 aromatic rings. The fourth-order valence-corrected chi connectivity index (χ4v) is 3.24.